The highest BCUT2D eigenvalue weighted by molar-refractivity contribution is 7.80. The number of hydrogen-bond donors (Lipinski definition) is 1. The van der Waals surface area contributed by atoms with E-state index in [0.29, 0.717) is 16.5 Å². The molecule has 0 aliphatic heterocycles. The highest BCUT2D eigenvalue weighted by Crippen LogP contribution is 2.24. The predicted octanol–water partition coefficient (Wildman–Crippen LogP) is 3.17. The van der Waals surface area contributed by atoms with Gasteiger partial charge in [-0.2, -0.15) is 4.98 Å². The number of aromatic nitrogens is 2. The molecule has 4 nitrogen and oxygen atoms in total. The van der Waals surface area contributed by atoms with Crippen molar-refractivity contribution in [3.63, 3.8) is 0 Å². The van der Waals surface area contributed by atoms with Crippen LogP contribution in [0.15, 0.2) is 24.3 Å². The van der Waals surface area contributed by atoms with Gasteiger partial charge in [-0.1, -0.05) is 23.8 Å². The van der Waals surface area contributed by atoms with Gasteiger partial charge in [0.1, 0.15) is 16.4 Å². The molecule has 0 radical (unpaired) electrons. The molecule has 98 valence electrons. The molecular weight excluding hydrogens is 282 g/mol. The summed E-state index contributed by atoms with van der Waals surface area (Å²) in [7, 11) is 0. The standard InChI is InChI=1S/C13H12ClN3OS/c1-7-5-9(3-4-10(7)14)18-13-16-8(2)6-11(17-13)12(15)19/h3-6H,1-2H3,(H2,15,19). The summed E-state index contributed by atoms with van der Waals surface area (Å²) in [5.74, 6) is 0.612. The zero-order valence-electron chi connectivity index (χ0n) is 10.5. The van der Waals surface area contributed by atoms with Crippen molar-refractivity contribution >= 4 is 28.8 Å². The largest absolute Gasteiger partial charge is 0.424 e. The number of rotatable bonds is 3. The van der Waals surface area contributed by atoms with Crippen LogP contribution < -0.4 is 10.5 Å². The van der Waals surface area contributed by atoms with Crippen molar-refractivity contribution in [3.05, 3.63) is 46.2 Å². The quantitative estimate of drug-likeness (QED) is 0.881. The number of benzene rings is 1. The molecular formula is C13H12ClN3OS. The van der Waals surface area contributed by atoms with E-state index in [4.69, 9.17) is 34.3 Å². The fourth-order valence-corrected chi connectivity index (χ4v) is 1.72. The Hall–Kier alpha value is -1.72. The van der Waals surface area contributed by atoms with E-state index in [9.17, 15) is 0 Å². The molecule has 2 aromatic rings. The number of nitrogens with two attached hydrogens (primary N) is 1. The summed E-state index contributed by atoms with van der Waals surface area (Å²) in [6, 6.07) is 7.25. The van der Waals surface area contributed by atoms with Gasteiger partial charge in [0.05, 0.1) is 0 Å². The maximum Gasteiger partial charge on any atom is 0.322 e. The second-order valence-corrected chi connectivity index (χ2v) is 4.90. The lowest BCUT2D eigenvalue weighted by molar-refractivity contribution is 0.439. The Balaban J connectivity index is 2.32. The molecule has 0 amide bonds. The molecule has 1 aromatic carbocycles. The van der Waals surface area contributed by atoms with Gasteiger partial charge in [0, 0.05) is 10.7 Å². The zero-order valence-corrected chi connectivity index (χ0v) is 12.0. The van der Waals surface area contributed by atoms with Crippen molar-refractivity contribution < 1.29 is 4.74 Å². The summed E-state index contributed by atoms with van der Waals surface area (Å²) in [4.78, 5) is 8.54. The van der Waals surface area contributed by atoms with Crippen molar-refractivity contribution in [2.24, 2.45) is 5.73 Å². The van der Waals surface area contributed by atoms with Gasteiger partial charge in [-0.25, -0.2) is 4.98 Å². The lowest BCUT2D eigenvalue weighted by Crippen LogP contribution is -2.13. The molecule has 19 heavy (non-hydrogen) atoms. The molecule has 0 atom stereocenters. The Morgan fingerprint density at radius 3 is 2.63 bits per heavy atom. The second-order valence-electron chi connectivity index (χ2n) is 4.05. The molecule has 1 aromatic heterocycles. The minimum absolute atomic E-state index is 0.211. The van der Waals surface area contributed by atoms with Crippen LogP contribution in [0.5, 0.6) is 11.8 Å². The van der Waals surface area contributed by atoms with Crippen LogP contribution in [-0.4, -0.2) is 15.0 Å². The molecule has 0 fully saturated rings. The fourth-order valence-electron chi connectivity index (χ4n) is 1.50. The molecule has 2 N–H and O–H groups in total. The van der Waals surface area contributed by atoms with Crippen molar-refractivity contribution in [2.75, 3.05) is 0 Å². The first-order valence-corrected chi connectivity index (χ1v) is 6.34. The van der Waals surface area contributed by atoms with Gasteiger partial charge < -0.3 is 10.5 Å². The Morgan fingerprint density at radius 2 is 2.00 bits per heavy atom. The number of thiocarbonyl (C=S) groups is 1. The van der Waals surface area contributed by atoms with Crippen molar-refractivity contribution in [3.8, 4) is 11.8 Å². The van der Waals surface area contributed by atoms with Crippen molar-refractivity contribution in [2.45, 2.75) is 13.8 Å². The van der Waals surface area contributed by atoms with E-state index in [1.54, 1.807) is 18.2 Å². The van der Waals surface area contributed by atoms with Gasteiger partial charge in [0.15, 0.2) is 0 Å². The normalized spacial score (nSPS) is 10.3. The monoisotopic (exact) mass is 293 g/mol. The molecule has 0 bridgehead atoms. The molecule has 0 aliphatic rings. The summed E-state index contributed by atoms with van der Waals surface area (Å²) in [6.07, 6.45) is 0. The van der Waals surface area contributed by atoms with Crippen LogP contribution in [0.1, 0.15) is 17.0 Å². The van der Waals surface area contributed by atoms with E-state index in [2.05, 4.69) is 9.97 Å². The predicted molar refractivity (Wildman–Crippen MR) is 78.9 cm³/mol. The fraction of sp³-hybridized carbons (Fsp3) is 0.154. The van der Waals surface area contributed by atoms with E-state index in [1.807, 2.05) is 19.9 Å². The first kappa shape index (κ1) is 13.7. The minimum Gasteiger partial charge on any atom is -0.424 e. The zero-order chi connectivity index (χ0) is 14.0. The molecule has 0 aliphatic carbocycles. The summed E-state index contributed by atoms with van der Waals surface area (Å²) in [6.45, 7) is 3.72. The summed E-state index contributed by atoms with van der Waals surface area (Å²) in [5.41, 5.74) is 7.70. The number of nitrogens with zero attached hydrogens (tertiary/aromatic N) is 2. The first-order chi connectivity index (χ1) is 8.95. The third kappa shape index (κ3) is 3.39. The van der Waals surface area contributed by atoms with Crippen LogP contribution in [0.25, 0.3) is 0 Å². The van der Waals surface area contributed by atoms with Crippen molar-refractivity contribution in [1.29, 1.82) is 0 Å². The highest BCUT2D eigenvalue weighted by Gasteiger charge is 2.07. The molecule has 0 spiro atoms. The molecule has 2 rings (SSSR count). The SMILES string of the molecule is Cc1cc(C(N)=S)nc(Oc2ccc(Cl)c(C)c2)n1. The Morgan fingerprint density at radius 1 is 1.26 bits per heavy atom. The Bertz CT molecular complexity index is 646. The van der Waals surface area contributed by atoms with Crippen molar-refractivity contribution in [1.82, 2.24) is 9.97 Å². The van der Waals surface area contributed by atoms with E-state index >= 15 is 0 Å². The van der Waals surface area contributed by atoms with E-state index in [1.165, 1.54) is 0 Å². The average molecular weight is 294 g/mol. The number of halogens is 1. The lowest BCUT2D eigenvalue weighted by atomic mass is 10.2. The Kier molecular flexibility index (Phi) is 3.97. The third-order valence-corrected chi connectivity index (χ3v) is 3.06. The maximum absolute atomic E-state index is 5.96. The van der Waals surface area contributed by atoms with E-state index < -0.39 is 0 Å². The van der Waals surface area contributed by atoms with Gasteiger partial charge in [0.25, 0.3) is 0 Å². The van der Waals surface area contributed by atoms with Crippen LogP contribution in [0.4, 0.5) is 0 Å². The molecule has 1 heterocycles. The third-order valence-electron chi connectivity index (χ3n) is 2.42. The molecule has 0 saturated carbocycles. The number of aryl methyl sites for hydroxylation is 2. The smallest absolute Gasteiger partial charge is 0.322 e. The summed E-state index contributed by atoms with van der Waals surface area (Å²) >= 11 is 10.9. The molecule has 0 unspecified atom stereocenters. The van der Waals surface area contributed by atoms with Crippen LogP contribution in [0.3, 0.4) is 0 Å². The summed E-state index contributed by atoms with van der Waals surface area (Å²) in [5, 5.41) is 0.682. The maximum atomic E-state index is 5.96. The van der Waals surface area contributed by atoms with Gasteiger partial charge in [-0.3, -0.25) is 0 Å². The lowest BCUT2D eigenvalue weighted by Gasteiger charge is -2.07. The van der Waals surface area contributed by atoms with E-state index in [-0.39, 0.29) is 11.0 Å². The first-order valence-electron chi connectivity index (χ1n) is 5.55. The van der Waals surface area contributed by atoms with Crippen LogP contribution in [0, 0.1) is 13.8 Å². The Labute approximate surface area is 121 Å². The molecule has 6 heteroatoms. The topological polar surface area (TPSA) is 61.0 Å². The van der Waals surface area contributed by atoms with Gasteiger partial charge in [0.2, 0.25) is 0 Å². The summed E-state index contributed by atoms with van der Waals surface area (Å²) < 4.78 is 5.59. The number of ether oxygens (including phenoxy) is 1. The van der Waals surface area contributed by atoms with Crippen LogP contribution in [-0.2, 0) is 0 Å². The van der Waals surface area contributed by atoms with Gasteiger partial charge >= 0.3 is 6.01 Å². The minimum atomic E-state index is 0.211. The van der Waals surface area contributed by atoms with Gasteiger partial charge in [-0.05, 0) is 43.7 Å². The van der Waals surface area contributed by atoms with E-state index in [0.717, 1.165) is 11.3 Å². The van der Waals surface area contributed by atoms with Crippen LogP contribution >= 0.6 is 23.8 Å². The molecule has 0 saturated heterocycles. The van der Waals surface area contributed by atoms with Gasteiger partial charge in [-0.15, -0.1) is 0 Å². The average Bonchev–Trinajstić information content (AvgIpc) is 2.33. The van der Waals surface area contributed by atoms with Crippen LogP contribution in [0.2, 0.25) is 5.02 Å². The number of hydrogen-bond acceptors (Lipinski definition) is 4. The second kappa shape index (κ2) is 5.50. The highest BCUT2D eigenvalue weighted by atomic mass is 35.5.